The summed E-state index contributed by atoms with van der Waals surface area (Å²) in [6.07, 6.45) is -0.529. The number of carbonyl (C=O) groups excluding carboxylic acids is 1. The molecule has 0 spiro atoms. The second-order valence-electron chi connectivity index (χ2n) is 5.65. The zero-order chi connectivity index (χ0) is 16.3. The summed E-state index contributed by atoms with van der Waals surface area (Å²) in [7, 11) is 0. The van der Waals surface area contributed by atoms with Gasteiger partial charge in [-0.25, -0.2) is 0 Å². The van der Waals surface area contributed by atoms with Crippen LogP contribution in [0.25, 0.3) is 0 Å². The maximum Gasteiger partial charge on any atom is 0.238 e. The average Bonchev–Trinajstić information content (AvgIpc) is 3.03. The molecule has 1 aromatic rings. The van der Waals surface area contributed by atoms with Crippen LogP contribution in [0.15, 0.2) is 0 Å². The highest BCUT2D eigenvalue weighted by Gasteiger charge is 2.32. The van der Waals surface area contributed by atoms with E-state index in [0.717, 1.165) is 23.6 Å². The van der Waals surface area contributed by atoms with Crippen LogP contribution < -0.4 is 5.32 Å². The van der Waals surface area contributed by atoms with Gasteiger partial charge in [0.25, 0.3) is 0 Å². The molecule has 1 amide bonds. The number of aromatic nitrogens is 2. The van der Waals surface area contributed by atoms with Gasteiger partial charge in [-0.3, -0.25) is 14.4 Å². The number of rotatable bonds is 6. The minimum atomic E-state index is -0.529. The molecular weight excluding hydrogens is 284 g/mol. The predicted octanol–water partition coefficient (Wildman–Crippen LogP) is 0.540. The van der Waals surface area contributed by atoms with E-state index in [2.05, 4.69) is 10.4 Å². The van der Waals surface area contributed by atoms with Crippen molar-refractivity contribution in [1.82, 2.24) is 14.7 Å². The Kier molecular flexibility index (Phi) is 5.55. The largest absolute Gasteiger partial charge is 0.389 e. The highest BCUT2D eigenvalue weighted by molar-refractivity contribution is 5.93. The molecule has 0 aromatic carbocycles. The molecule has 0 bridgehead atoms. The number of nitrogens with one attached hydrogen (secondary N) is 1. The van der Waals surface area contributed by atoms with Crippen molar-refractivity contribution in [2.75, 3.05) is 31.6 Å². The maximum atomic E-state index is 12.3. The lowest BCUT2D eigenvalue weighted by atomic mass is 10.2. The van der Waals surface area contributed by atoms with Gasteiger partial charge in [-0.2, -0.15) is 5.10 Å². The van der Waals surface area contributed by atoms with E-state index in [9.17, 15) is 9.90 Å². The molecule has 1 saturated heterocycles. The van der Waals surface area contributed by atoms with Crippen molar-refractivity contribution in [2.45, 2.75) is 46.4 Å². The van der Waals surface area contributed by atoms with Crippen molar-refractivity contribution in [2.24, 2.45) is 0 Å². The van der Waals surface area contributed by atoms with Gasteiger partial charge in [0.1, 0.15) is 0 Å². The SMILES string of the molecule is CCN(CC(=O)Nc1c(C)nn(CC)c1C)[C@H]1COC[C@@H]1O. The van der Waals surface area contributed by atoms with Gasteiger partial charge in [0, 0.05) is 6.54 Å². The zero-order valence-corrected chi connectivity index (χ0v) is 13.8. The normalized spacial score (nSPS) is 21.5. The van der Waals surface area contributed by atoms with E-state index in [0.29, 0.717) is 19.8 Å². The minimum absolute atomic E-state index is 0.0946. The van der Waals surface area contributed by atoms with Gasteiger partial charge in [0.05, 0.1) is 49.0 Å². The highest BCUT2D eigenvalue weighted by Crippen LogP contribution is 2.19. The summed E-state index contributed by atoms with van der Waals surface area (Å²) < 4.78 is 7.14. The Balaban J connectivity index is 2.01. The van der Waals surface area contributed by atoms with E-state index in [4.69, 9.17) is 4.74 Å². The van der Waals surface area contributed by atoms with Gasteiger partial charge in [0.15, 0.2) is 0 Å². The maximum absolute atomic E-state index is 12.3. The molecule has 124 valence electrons. The number of hydrogen-bond donors (Lipinski definition) is 2. The van der Waals surface area contributed by atoms with Crippen molar-refractivity contribution in [3.63, 3.8) is 0 Å². The van der Waals surface area contributed by atoms with E-state index < -0.39 is 6.10 Å². The molecule has 1 aromatic heterocycles. The molecule has 1 fully saturated rings. The summed E-state index contributed by atoms with van der Waals surface area (Å²) in [6, 6.07) is -0.115. The molecule has 1 aliphatic rings. The molecule has 7 heteroatoms. The fourth-order valence-corrected chi connectivity index (χ4v) is 2.89. The Morgan fingerprint density at radius 2 is 2.18 bits per heavy atom. The average molecular weight is 310 g/mol. The van der Waals surface area contributed by atoms with Crippen molar-refractivity contribution >= 4 is 11.6 Å². The monoisotopic (exact) mass is 310 g/mol. The molecule has 2 rings (SSSR count). The topological polar surface area (TPSA) is 79.6 Å². The smallest absolute Gasteiger partial charge is 0.238 e. The van der Waals surface area contributed by atoms with Crippen LogP contribution in [0.2, 0.25) is 0 Å². The lowest BCUT2D eigenvalue weighted by molar-refractivity contribution is -0.118. The third kappa shape index (κ3) is 3.48. The first-order valence-electron chi connectivity index (χ1n) is 7.81. The summed E-state index contributed by atoms with van der Waals surface area (Å²) in [5.41, 5.74) is 2.56. The van der Waals surface area contributed by atoms with Crippen LogP contribution in [0, 0.1) is 13.8 Å². The summed E-state index contributed by atoms with van der Waals surface area (Å²) in [6.45, 7) is 10.3. The van der Waals surface area contributed by atoms with Gasteiger partial charge in [-0.1, -0.05) is 6.92 Å². The van der Waals surface area contributed by atoms with Crippen molar-refractivity contribution < 1.29 is 14.6 Å². The second-order valence-corrected chi connectivity index (χ2v) is 5.65. The quantitative estimate of drug-likeness (QED) is 0.802. The summed E-state index contributed by atoms with van der Waals surface area (Å²) >= 11 is 0. The standard InChI is InChI=1S/C15H26N4O3/c1-5-18(12-8-22-9-13(12)20)7-14(21)16-15-10(3)17-19(6-2)11(15)4/h12-13,20H,5-9H2,1-4H3,(H,16,21)/t12-,13-/m0/s1. The number of amides is 1. The molecule has 0 saturated carbocycles. The molecule has 0 aliphatic carbocycles. The van der Waals surface area contributed by atoms with Gasteiger partial charge >= 0.3 is 0 Å². The number of anilines is 1. The molecule has 2 N–H and O–H groups in total. The lowest BCUT2D eigenvalue weighted by Gasteiger charge is -2.27. The van der Waals surface area contributed by atoms with Crippen LogP contribution in [0.4, 0.5) is 5.69 Å². The number of aliphatic hydroxyl groups excluding tert-OH is 1. The Labute approximate surface area is 131 Å². The van der Waals surface area contributed by atoms with Crippen LogP contribution in [0.1, 0.15) is 25.2 Å². The Bertz CT molecular complexity index is 529. The molecule has 2 heterocycles. The van der Waals surface area contributed by atoms with Gasteiger partial charge < -0.3 is 15.2 Å². The zero-order valence-electron chi connectivity index (χ0n) is 13.8. The molecule has 1 aliphatic heterocycles. The number of likely N-dealkylation sites (N-methyl/N-ethyl adjacent to an activating group) is 1. The van der Waals surface area contributed by atoms with Crippen LogP contribution in [-0.4, -0.2) is 64.1 Å². The fraction of sp³-hybridized carbons (Fsp3) is 0.733. The molecular formula is C15H26N4O3. The molecule has 2 atom stereocenters. The molecule has 22 heavy (non-hydrogen) atoms. The highest BCUT2D eigenvalue weighted by atomic mass is 16.5. The predicted molar refractivity (Wildman–Crippen MR) is 83.9 cm³/mol. The fourth-order valence-electron chi connectivity index (χ4n) is 2.89. The molecule has 0 radical (unpaired) electrons. The third-order valence-electron chi connectivity index (χ3n) is 4.19. The number of ether oxygens (including phenoxy) is 1. The summed E-state index contributed by atoms with van der Waals surface area (Å²) in [5, 5.41) is 17.3. The number of carbonyl (C=O) groups is 1. The Morgan fingerprint density at radius 3 is 2.68 bits per heavy atom. The van der Waals surface area contributed by atoms with Crippen LogP contribution in [0.3, 0.4) is 0 Å². The third-order valence-corrected chi connectivity index (χ3v) is 4.19. The lowest BCUT2D eigenvalue weighted by Crippen LogP contribution is -2.46. The van der Waals surface area contributed by atoms with E-state index in [1.54, 1.807) is 0 Å². The number of aryl methyl sites for hydroxylation is 2. The summed E-state index contributed by atoms with van der Waals surface area (Å²) in [4.78, 5) is 14.3. The van der Waals surface area contributed by atoms with Crippen molar-refractivity contribution in [3.05, 3.63) is 11.4 Å². The minimum Gasteiger partial charge on any atom is -0.389 e. The molecule has 7 nitrogen and oxygen atoms in total. The Morgan fingerprint density at radius 1 is 1.45 bits per heavy atom. The number of aliphatic hydroxyl groups is 1. The van der Waals surface area contributed by atoms with E-state index >= 15 is 0 Å². The van der Waals surface area contributed by atoms with Crippen LogP contribution >= 0.6 is 0 Å². The number of nitrogens with zero attached hydrogens (tertiary/aromatic N) is 3. The van der Waals surface area contributed by atoms with Crippen molar-refractivity contribution in [1.29, 1.82) is 0 Å². The van der Waals surface area contributed by atoms with E-state index in [-0.39, 0.29) is 18.5 Å². The van der Waals surface area contributed by atoms with Crippen LogP contribution in [0.5, 0.6) is 0 Å². The first-order valence-corrected chi connectivity index (χ1v) is 7.81. The van der Waals surface area contributed by atoms with Gasteiger partial charge in [-0.05, 0) is 27.3 Å². The van der Waals surface area contributed by atoms with E-state index in [1.807, 2.05) is 37.3 Å². The second kappa shape index (κ2) is 7.21. The van der Waals surface area contributed by atoms with Gasteiger partial charge in [0.2, 0.25) is 5.91 Å². The van der Waals surface area contributed by atoms with E-state index in [1.165, 1.54) is 0 Å². The van der Waals surface area contributed by atoms with Crippen LogP contribution in [-0.2, 0) is 16.1 Å². The first kappa shape index (κ1) is 16.9. The Hall–Kier alpha value is -1.44. The van der Waals surface area contributed by atoms with Crippen molar-refractivity contribution in [3.8, 4) is 0 Å². The van der Waals surface area contributed by atoms with Gasteiger partial charge in [-0.15, -0.1) is 0 Å². The number of hydrogen-bond acceptors (Lipinski definition) is 5. The first-order chi connectivity index (χ1) is 10.5. The molecule has 0 unspecified atom stereocenters. The summed E-state index contributed by atoms with van der Waals surface area (Å²) in [5.74, 6) is -0.0946.